The molecule has 0 saturated carbocycles. The third-order valence-corrected chi connectivity index (χ3v) is 4.16. The van der Waals surface area contributed by atoms with Crippen LogP contribution in [0.5, 0.6) is 0 Å². The Labute approximate surface area is 172 Å². The van der Waals surface area contributed by atoms with E-state index in [2.05, 4.69) is 22.2 Å². The number of nitrogens with zero attached hydrogens (tertiary/aromatic N) is 1. The number of benzene rings is 1. The van der Waals surface area contributed by atoms with E-state index in [1.54, 1.807) is 31.3 Å². The Kier molecular flexibility index (Phi) is 7.15. The van der Waals surface area contributed by atoms with Crippen LogP contribution in [0.2, 0.25) is 0 Å². The number of pyridine rings is 1. The third kappa shape index (κ3) is 5.79. The highest BCUT2D eigenvalue weighted by Crippen LogP contribution is 2.31. The molecule has 2 rings (SSSR count). The first-order valence-electron chi connectivity index (χ1n) is 8.94. The van der Waals surface area contributed by atoms with Gasteiger partial charge >= 0.3 is 6.18 Å². The minimum absolute atomic E-state index is 0.233. The van der Waals surface area contributed by atoms with E-state index in [1.807, 2.05) is 19.9 Å². The second kappa shape index (κ2) is 9.39. The van der Waals surface area contributed by atoms with Gasteiger partial charge in [0.05, 0.1) is 11.3 Å². The van der Waals surface area contributed by atoms with Crippen molar-refractivity contribution in [1.29, 1.82) is 0 Å². The van der Waals surface area contributed by atoms with Crippen molar-refractivity contribution in [3.63, 3.8) is 0 Å². The van der Waals surface area contributed by atoms with Crippen LogP contribution in [0.4, 0.5) is 29.1 Å². The fraction of sp³-hybridized carbons (Fsp3) is 0.182. The number of halogens is 4. The van der Waals surface area contributed by atoms with Crippen molar-refractivity contribution in [3.05, 3.63) is 89.0 Å². The zero-order chi connectivity index (χ0) is 22.5. The lowest BCUT2D eigenvalue weighted by molar-refractivity contribution is -0.137. The molecule has 0 unspecified atom stereocenters. The zero-order valence-corrected chi connectivity index (χ0v) is 16.7. The van der Waals surface area contributed by atoms with Gasteiger partial charge in [0.15, 0.2) is 5.82 Å². The molecule has 8 heteroatoms. The van der Waals surface area contributed by atoms with Crippen LogP contribution < -0.4 is 10.6 Å². The molecule has 1 aromatic heterocycles. The summed E-state index contributed by atoms with van der Waals surface area (Å²) >= 11 is 0. The van der Waals surface area contributed by atoms with Gasteiger partial charge in [-0.2, -0.15) is 13.2 Å². The number of rotatable bonds is 6. The van der Waals surface area contributed by atoms with Gasteiger partial charge in [-0.1, -0.05) is 18.7 Å². The summed E-state index contributed by atoms with van der Waals surface area (Å²) in [6.45, 7) is 9.11. The molecule has 2 N–H and O–H groups in total. The van der Waals surface area contributed by atoms with E-state index in [0.29, 0.717) is 23.4 Å². The number of nitrogens with one attached hydrogen (secondary N) is 2. The number of alkyl halides is 3. The monoisotopic (exact) mass is 419 g/mol. The molecule has 4 nitrogen and oxygen atoms in total. The molecular weight excluding hydrogens is 398 g/mol. The van der Waals surface area contributed by atoms with Crippen LogP contribution in [0, 0.1) is 12.7 Å². The fourth-order valence-corrected chi connectivity index (χ4v) is 2.52. The van der Waals surface area contributed by atoms with Crippen molar-refractivity contribution in [2.45, 2.75) is 26.9 Å². The topological polar surface area (TPSA) is 54.0 Å². The summed E-state index contributed by atoms with van der Waals surface area (Å²) in [6, 6.07) is 3.29. The summed E-state index contributed by atoms with van der Waals surface area (Å²) in [4.78, 5) is 16.8. The maximum Gasteiger partial charge on any atom is 0.416 e. The smallest absolute Gasteiger partial charge is 0.338 e. The van der Waals surface area contributed by atoms with Gasteiger partial charge in [-0.05, 0) is 62.2 Å². The number of aromatic nitrogens is 1. The average Bonchev–Trinajstić information content (AvgIpc) is 2.67. The second-order valence-electron chi connectivity index (χ2n) is 6.50. The molecule has 0 aliphatic rings. The molecule has 0 bridgehead atoms. The summed E-state index contributed by atoms with van der Waals surface area (Å²) in [5.74, 6) is -1.78. The molecule has 30 heavy (non-hydrogen) atoms. The number of carbonyl (C=O) groups is 1. The largest absolute Gasteiger partial charge is 0.416 e. The van der Waals surface area contributed by atoms with E-state index in [1.165, 1.54) is 0 Å². The molecule has 0 spiro atoms. The normalized spacial score (nSPS) is 12.5. The first-order chi connectivity index (χ1) is 14.0. The van der Waals surface area contributed by atoms with Crippen molar-refractivity contribution in [2.75, 3.05) is 10.6 Å². The third-order valence-electron chi connectivity index (χ3n) is 4.16. The Morgan fingerprint density at radius 3 is 2.47 bits per heavy atom. The van der Waals surface area contributed by atoms with Crippen molar-refractivity contribution in [1.82, 2.24) is 4.98 Å². The van der Waals surface area contributed by atoms with Gasteiger partial charge in [0.2, 0.25) is 0 Å². The van der Waals surface area contributed by atoms with Gasteiger partial charge in [0.1, 0.15) is 5.82 Å². The van der Waals surface area contributed by atoms with Crippen LogP contribution in [-0.2, 0) is 6.18 Å². The maximum atomic E-state index is 13.7. The van der Waals surface area contributed by atoms with Gasteiger partial charge in [-0.25, -0.2) is 9.37 Å². The van der Waals surface area contributed by atoms with E-state index in [9.17, 15) is 22.4 Å². The minimum Gasteiger partial charge on any atom is -0.338 e. The molecule has 1 heterocycles. The standard InChI is InChI=1S/C22H21F4N3O/c1-5-7-18(14(4)6-2)28-20-19(8-13(3)12-27-20)29-21(30)15-9-16(22(24,25)26)11-17(23)10-15/h5-12H,1H2,2-4H3,(H,27,28)(H,29,30)/b14-6-,18-7+. The number of amides is 1. The van der Waals surface area contributed by atoms with E-state index < -0.39 is 29.0 Å². The van der Waals surface area contributed by atoms with E-state index >= 15 is 0 Å². The summed E-state index contributed by atoms with van der Waals surface area (Å²) in [7, 11) is 0. The molecule has 158 valence electrons. The van der Waals surface area contributed by atoms with Gasteiger partial charge < -0.3 is 10.6 Å². The van der Waals surface area contributed by atoms with Gasteiger partial charge in [0, 0.05) is 17.5 Å². The molecule has 0 radical (unpaired) electrons. The van der Waals surface area contributed by atoms with Gasteiger partial charge in [-0.3, -0.25) is 4.79 Å². The van der Waals surface area contributed by atoms with Crippen LogP contribution in [0.3, 0.4) is 0 Å². The molecule has 1 aromatic carbocycles. The maximum absolute atomic E-state index is 13.7. The summed E-state index contributed by atoms with van der Waals surface area (Å²) in [6.07, 6.45) is 1.94. The highest BCUT2D eigenvalue weighted by Gasteiger charge is 2.32. The lowest BCUT2D eigenvalue weighted by Crippen LogP contribution is -2.16. The van der Waals surface area contributed by atoms with Crippen LogP contribution in [-0.4, -0.2) is 10.9 Å². The summed E-state index contributed by atoms with van der Waals surface area (Å²) in [5.41, 5.74) is 0.799. The van der Waals surface area contributed by atoms with Crippen LogP contribution >= 0.6 is 0 Å². The molecule has 2 aromatic rings. The van der Waals surface area contributed by atoms with Gasteiger partial charge in [-0.15, -0.1) is 0 Å². The zero-order valence-electron chi connectivity index (χ0n) is 16.7. The molecule has 1 amide bonds. The van der Waals surface area contributed by atoms with Crippen LogP contribution in [0.15, 0.2) is 66.5 Å². The number of hydrogen-bond donors (Lipinski definition) is 2. The van der Waals surface area contributed by atoms with Crippen LogP contribution in [0.25, 0.3) is 0 Å². The Balaban J connectivity index is 2.41. The molecule has 0 aliphatic heterocycles. The van der Waals surface area contributed by atoms with Gasteiger partial charge in [0.25, 0.3) is 5.91 Å². The summed E-state index contributed by atoms with van der Waals surface area (Å²) < 4.78 is 52.5. The molecule has 0 atom stereocenters. The molecule has 0 aliphatic carbocycles. The lowest BCUT2D eigenvalue weighted by atomic mass is 10.1. The highest BCUT2D eigenvalue weighted by molar-refractivity contribution is 6.05. The number of anilines is 2. The molecule has 0 saturated heterocycles. The van der Waals surface area contributed by atoms with Crippen molar-refractivity contribution >= 4 is 17.4 Å². The Morgan fingerprint density at radius 1 is 1.17 bits per heavy atom. The second-order valence-corrected chi connectivity index (χ2v) is 6.50. The summed E-state index contributed by atoms with van der Waals surface area (Å²) in [5, 5.41) is 5.58. The lowest BCUT2D eigenvalue weighted by Gasteiger charge is -2.16. The number of hydrogen-bond acceptors (Lipinski definition) is 3. The average molecular weight is 419 g/mol. The first kappa shape index (κ1) is 22.9. The fourth-order valence-electron chi connectivity index (χ4n) is 2.52. The highest BCUT2D eigenvalue weighted by atomic mass is 19.4. The predicted octanol–water partition coefficient (Wildman–Crippen LogP) is 6.25. The Hall–Kier alpha value is -3.42. The Morgan fingerprint density at radius 2 is 1.87 bits per heavy atom. The van der Waals surface area contributed by atoms with E-state index in [-0.39, 0.29) is 11.5 Å². The first-order valence-corrected chi connectivity index (χ1v) is 8.94. The SMILES string of the molecule is C=C/C=C(Nc1ncc(C)cc1NC(=O)c1cc(F)cc(C(F)(F)F)c1)\C(C)=C/C. The minimum atomic E-state index is -4.77. The van der Waals surface area contributed by atoms with Crippen molar-refractivity contribution in [3.8, 4) is 0 Å². The Bertz CT molecular complexity index is 1020. The molecular formula is C22H21F4N3O. The predicted molar refractivity (Wildman–Crippen MR) is 110 cm³/mol. The van der Waals surface area contributed by atoms with E-state index in [0.717, 1.165) is 11.6 Å². The number of allylic oxidation sites excluding steroid dienone is 4. The van der Waals surface area contributed by atoms with Crippen LogP contribution in [0.1, 0.15) is 35.3 Å². The quantitative estimate of drug-likeness (QED) is 0.430. The number of carbonyl (C=O) groups excluding carboxylic acids is 1. The number of aryl methyl sites for hydroxylation is 1. The van der Waals surface area contributed by atoms with E-state index in [4.69, 9.17) is 0 Å². The molecule has 0 fully saturated rings. The van der Waals surface area contributed by atoms with Crippen molar-refractivity contribution < 1.29 is 22.4 Å². The van der Waals surface area contributed by atoms with Crippen molar-refractivity contribution in [2.24, 2.45) is 0 Å².